The zero-order valence-corrected chi connectivity index (χ0v) is 25.1. The minimum Gasteiger partial charge on any atom is -0.489 e. The van der Waals surface area contributed by atoms with Gasteiger partial charge in [-0.3, -0.25) is 9.69 Å². The Morgan fingerprint density at radius 3 is 2.52 bits per heavy atom. The fourth-order valence-corrected chi connectivity index (χ4v) is 5.16. The van der Waals surface area contributed by atoms with Gasteiger partial charge in [-0.25, -0.2) is 14.4 Å². The Morgan fingerprint density at radius 2 is 1.81 bits per heavy atom. The molecule has 0 aliphatic carbocycles. The van der Waals surface area contributed by atoms with Crippen molar-refractivity contribution in [1.82, 2.24) is 15.1 Å². The van der Waals surface area contributed by atoms with Gasteiger partial charge in [-0.2, -0.15) is 0 Å². The van der Waals surface area contributed by atoms with Gasteiger partial charge in [0.1, 0.15) is 37.2 Å². The van der Waals surface area contributed by atoms with E-state index in [2.05, 4.69) is 5.32 Å². The van der Waals surface area contributed by atoms with Crippen molar-refractivity contribution in [3.8, 4) is 5.75 Å². The van der Waals surface area contributed by atoms with E-state index >= 15 is 0 Å². The number of methoxy groups -OCH3 is 1. The molecule has 3 heterocycles. The summed E-state index contributed by atoms with van der Waals surface area (Å²) in [5, 5.41) is 2.67. The van der Waals surface area contributed by atoms with Crippen molar-refractivity contribution in [3.05, 3.63) is 41.5 Å². The summed E-state index contributed by atoms with van der Waals surface area (Å²) in [7, 11) is 1.23. The van der Waals surface area contributed by atoms with Gasteiger partial charge in [-0.15, -0.1) is 0 Å². The molecule has 0 aromatic heterocycles. The number of carbonyl (C=O) groups is 4. The van der Waals surface area contributed by atoms with E-state index in [0.29, 0.717) is 25.4 Å². The number of nitrogens with one attached hydrogen (secondary N) is 1. The molecular formula is C30H41N3O9. The van der Waals surface area contributed by atoms with Crippen LogP contribution in [0, 0.1) is 5.41 Å². The number of fused-ring (bicyclic) bond motifs is 3. The maximum absolute atomic E-state index is 13.9. The number of cyclic esters (lactones) is 1. The second-order valence-corrected chi connectivity index (χ2v) is 12.4. The van der Waals surface area contributed by atoms with Crippen molar-refractivity contribution < 1.29 is 42.9 Å². The van der Waals surface area contributed by atoms with Crippen molar-refractivity contribution in [2.45, 2.75) is 77.9 Å². The van der Waals surface area contributed by atoms with Gasteiger partial charge >= 0.3 is 18.2 Å². The average molecular weight is 588 g/mol. The normalized spacial score (nSPS) is 26.1. The van der Waals surface area contributed by atoms with Gasteiger partial charge in [0.15, 0.2) is 0 Å². The van der Waals surface area contributed by atoms with Gasteiger partial charge < -0.3 is 33.9 Å². The third-order valence-electron chi connectivity index (χ3n) is 7.48. The van der Waals surface area contributed by atoms with Crippen LogP contribution in [0.25, 0.3) is 0 Å². The number of esters is 1. The lowest BCUT2D eigenvalue weighted by atomic mass is 9.85. The number of nitrogens with zero attached hydrogens (tertiary/aromatic N) is 2. The number of rotatable bonds is 1. The Labute approximate surface area is 246 Å². The number of hydrogen-bond donors (Lipinski definition) is 1. The topological polar surface area (TPSA) is 133 Å². The van der Waals surface area contributed by atoms with Crippen molar-refractivity contribution in [2.24, 2.45) is 5.41 Å². The SMILES string of the molecule is COC(=O)C1C[C@@H]2CN1C(=O)[C@H](C(C)(C)C)NC(=O)OCC(C)(C)OC/C=C/COc1cccc3c1CN(C3)C(=O)O2. The molecule has 3 amide bonds. The van der Waals surface area contributed by atoms with Gasteiger partial charge in [0.2, 0.25) is 5.91 Å². The fourth-order valence-electron chi connectivity index (χ4n) is 5.16. The number of amides is 3. The molecule has 12 nitrogen and oxygen atoms in total. The van der Waals surface area contributed by atoms with E-state index in [4.69, 9.17) is 23.7 Å². The molecule has 1 fully saturated rings. The van der Waals surface area contributed by atoms with Crippen LogP contribution >= 0.6 is 0 Å². The lowest BCUT2D eigenvalue weighted by Gasteiger charge is -2.35. The highest BCUT2D eigenvalue weighted by Crippen LogP contribution is 2.33. The van der Waals surface area contributed by atoms with Crippen LogP contribution in [-0.2, 0) is 41.6 Å². The van der Waals surface area contributed by atoms with Crippen LogP contribution in [0.15, 0.2) is 30.4 Å². The lowest BCUT2D eigenvalue weighted by molar-refractivity contribution is -0.152. The van der Waals surface area contributed by atoms with Crippen LogP contribution in [0.1, 0.15) is 52.2 Å². The molecule has 3 atom stereocenters. The number of benzene rings is 1. The molecule has 4 rings (SSSR count). The van der Waals surface area contributed by atoms with E-state index in [0.717, 1.165) is 11.1 Å². The summed E-state index contributed by atoms with van der Waals surface area (Å²) < 4.78 is 28.0. The van der Waals surface area contributed by atoms with Gasteiger partial charge in [-0.1, -0.05) is 39.0 Å². The van der Waals surface area contributed by atoms with E-state index in [-0.39, 0.29) is 26.2 Å². The van der Waals surface area contributed by atoms with E-state index in [1.165, 1.54) is 12.0 Å². The number of alkyl carbamates (subject to hydrolysis) is 1. The standard InChI is InChI=1S/C30H41N3O9/c1-29(2,3)24-25(34)33-16-20(14-22(33)26(35)38-6)42-28(37)32-15-19-10-9-11-23(21(19)17-32)39-12-7-8-13-41-30(4,5)18-40-27(36)31-24/h7-11,20,22,24H,12-18H2,1-6H3,(H,31,36)/b8-7+/t20-,22?,24-/m1/s1. The molecule has 1 N–H and O–H groups in total. The molecule has 1 unspecified atom stereocenters. The first-order valence-electron chi connectivity index (χ1n) is 14.1. The summed E-state index contributed by atoms with van der Waals surface area (Å²) in [6, 6.07) is 3.65. The van der Waals surface area contributed by atoms with Crippen molar-refractivity contribution in [2.75, 3.05) is 33.5 Å². The predicted octanol–water partition coefficient (Wildman–Crippen LogP) is 3.17. The highest BCUT2D eigenvalue weighted by atomic mass is 16.6. The lowest BCUT2D eigenvalue weighted by Crippen LogP contribution is -2.57. The van der Waals surface area contributed by atoms with Crippen molar-refractivity contribution in [3.63, 3.8) is 0 Å². The second-order valence-electron chi connectivity index (χ2n) is 12.4. The van der Waals surface area contributed by atoms with E-state index < -0.39 is 53.3 Å². The molecule has 1 aromatic carbocycles. The first-order valence-corrected chi connectivity index (χ1v) is 14.1. The van der Waals surface area contributed by atoms with E-state index in [1.54, 1.807) is 39.5 Å². The molecule has 3 aliphatic heterocycles. The van der Waals surface area contributed by atoms with Crippen molar-refractivity contribution >= 4 is 24.1 Å². The maximum atomic E-state index is 13.9. The van der Waals surface area contributed by atoms with Gasteiger partial charge in [-0.05, 0) is 37.0 Å². The summed E-state index contributed by atoms with van der Waals surface area (Å²) in [6.45, 7) is 10.1. The van der Waals surface area contributed by atoms with Crippen LogP contribution in [0.4, 0.5) is 9.59 Å². The Balaban J connectivity index is 1.60. The van der Waals surface area contributed by atoms with Crippen LogP contribution in [0.5, 0.6) is 5.75 Å². The molecule has 0 saturated carbocycles. The molecule has 0 spiro atoms. The fraction of sp³-hybridized carbons (Fsp3) is 0.600. The molecule has 1 saturated heterocycles. The van der Waals surface area contributed by atoms with Gasteiger partial charge in [0, 0.05) is 18.5 Å². The summed E-state index contributed by atoms with van der Waals surface area (Å²) >= 11 is 0. The Hall–Kier alpha value is -3.80. The first-order chi connectivity index (χ1) is 19.8. The summed E-state index contributed by atoms with van der Waals surface area (Å²) in [6.07, 6.45) is 1.61. The minimum absolute atomic E-state index is 0.0317. The Morgan fingerprint density at radius 1 is 1.07 bits per heavy atom. The van der Waals surface area contributed by atoms with Gasteiger partial charge in [0.05, 0.1) is 32.4 Å². The summed E-state index contributed by atoms with van der Waals surface area (Å²) in [5.74, 6) is -0.469. The molecule has 3 aliphatic rings. The van der Waals surface area contributed by atoms with Crippen molar-refractivity contribution in [1.29, 1.82) is 0 Å². The zero-order chi connectivity index (χ0) is 30.7. The first kappa shape index (κ1) is 31.1. The van der Waals surface area contributed by atoms with Crippen LogP contribution in [0.2, 0.25) is 0 Å². The maximum Gasteiger partial charge on any atom is 0.410 e. The molecule has 42 heavy (non-hydrogen) atoms. The quantitative estimate of drug-likeness (QED) is 0.299. The highest BCUT2D eigenvalue weighted by molar-refractivity contribution is 5.91. The third-order valence-corrected chi connectivity index (χ3v) is 7.48. The molecule has 230 valence electrons. The number of hydrogen-bond acceptors (Lipinski definition) is 9. The number of ether oxygens (including phenoxy) is 5. The molecule has 0 radical (unpaired) electrons. The predicted molar refractivity (Wildman–Crippen MR) is 150 cm³/mol. The number of carbonyl (C=O) groups excluding carboxylic acids is 4. The van der Waals surface area contributed by atoms with Crippen LogP contribution in [-0.4, -0.2) is 91.1 Å². The second kappa shape index (κ2) is 12.6. The zero-order valence-electron chi connectivity index (χ0n) is 25.1. The monoisotopic (exact) mass is 587 g/mol. The summed E-state index contributed by atoms with van der Waals surface area (Å²) in [4.78, 5) is 55.5. The Kier molecular flexibility index (Phi) is 9.34. The van der Waals surface area contributed by atoms with Gasteiger partial charge in [0.25, 0.3) is 0 Å². The summed E-state index contributed by atoms with van der Waals surface area (Å²) in [5.41, 5.74) is 0.319. The van der Waals surface area contributed by atoms with E-state index in [9.17, 15) is 19.2 Å². The Bertz CT molecular complexity index is 1220. The molecule has 4 bridgehead atoms. The third kappa shape index (κ3) is 7.33. The largest absolute Gasteiger partial charge is 0.489 e. The average Bonchev–Trinajstić information content (AvgIpc) is 3.56. The van der Waals surface area contributed by atoms with Crippen LogP contribution in [0.3, 0.4) is 0 Å². The van der Waals surface area contributed by atoms with E-state index in [1.807, 2.05) is 30.4 Å². The molecule has 1 aromatic rings. The molecule has 12 heteroatoms. The minimum atomic E-state index is -1.04. The van der Waals surface area contributed by atoms with Crippen LogP contribution < -0.4 is 10.1 Å². The molecular weight excluding hydrogens is 546 g/mol. The highest BCUT2D eigenvalue weighted by Gasteiger charge is 2.47. The smallest absolute Gasteiger partial charge is 0.410 e.